The minimum absolute atomic E-state index is 0.00259. The predicted octanol–water partition coefficient (Wildman–Crippen LogP) is 4.82. The average molecular weight is 424 g/mol. The topological polar surface area (TPSA) is 85.5 Å². The highest BCUT2D eigenvalue weighted by Crippen LogP contribution is 2.40. The molecule has 10 heteroatoms. The minimum atomic E-state index is -4.73. The standard InChI is InChI=1S/C20H16F4N2O4/c1-10-25-26-19(30-10)16(9-18(27)28)12-5-11(6-13(7-12)20(22,23)24)15-8-14(21)3-4-17(15)29-2/h3-8,16H,9H2,1-2H3,(H,27,28). The van der Waals surface area contributed by atoms with E-state index in [-0.39, 0.29) is 34.2 Å². The maximum atomic E-state index is 13.8. The van der Waals surface area contributed by atoms with Gasteiger partial charge in [0.05, 0.1) is 25.0 Å². The molecule has 0 aliphatic heterocycles. The predicted molar refractivity (Wildman–Crippen MR) is 96.5 cm³/mol. The van der Waals surface area contributed by atoms with Gasteiger partial charge in [-0.1, -0.05) is 6.07 Å². The number of alkyl halides is 3. The number of hydrogen-bond donors (Lipinski definition) is 1. The number of methoxy groups -OCH3 is 1. The van der Waals surface area contributed by atoms with Crippen molar-refractivity contribution in [3.63, 3.8) is 0 Å². The Morgan fingerprint density at radius 3 is 2.50 bits per heavy atom. The van der Waals surface area contributed by atoms with Crippen LogP contribution in [-0.2, 0) is 11.0 Å². The lowest BCUT2D eigenvalue weighted by Crippen LogP contribution is -2.12. The summed E-state index contributed by atoms with van der Waals surface area (Å²) >= 11 is 0. The summed E-state index contributed by atoms with van der Waals surface area (Å²) in [5, 5.41) is 16.7. The maximum Gasteiger partial charge on any atom is 0.416 e. The minimum Gasteiger partial charge on any atom is -0.496 e. The second-order valence-electron chi connectivity index (χ2n) is 6.50. The van der Waals surface area contributed by atoms with E-state index in [1.54, 1.807) is 0 Å². The van der Waals surface area contributed by atoms with Gasteiger partial charge in [0.2, 0.25) is 11.8 Å². The molecule has 0 bridgehead atoms. The third-order valence-electron chi connectivity index (χ3n) is 4.38. The van der Waals surface area contributed by atoms with Gasteiger partial charge in [0.1, 0.15) is 11.6 Å². The van der Waals surface area contributed by atoms with Crippen molar-refractivity contribution in [2.24, 2.45) is 0 Å². The van der Waals surface area contributed by atoms with E-state index in [0.717, 1.165) is 24.3 Å². The lowest BCUT2D eigenvalue weighted by atomic mass is 9.90. The van der Waals surface area contributed by atoms with Gasteiger partial charge in [-0.25, -0.2) is 4.39 Å². The molecule has 0 radical (unpaired) electrons. The zero-order chi connectivity index (χ0) is 22.1. The number of carboxylic acid groups (broad SMARTS) is 1. The number of nitrogens with zero attached hydrogens (tertiary/aromatic N) is 2. The molecule has 1 N–H and O–H groups in total. The van der Waals surface area contributed by atoms with Crippen LogP contribution in [0.1, 0.15) is 35.2 Å². The highest BCUT2D eigenvalue weighted by molar-refractivity contribution is 5.73. The molecule has 158 valence electrons. The van der Waals surface area contributed by atoms with Gasteiger partial charge in [0.25, 0.3) is 0 Å². The van der Waals surface area contributed by atoms with Crippen LogP contribution in [0.2, 0.25) is 0 Å². The van der Waals surface area contributed by atoms with E-state index in [2.05, 4.69) is 10.2 Å². The lowest BCUT2D eigenvalue weighted by molar-refractivity contribution is -0.138. The smallest absolute Gasteiger partial charge is 0.416 e. The quantitative estimate of drug-likeness (QED) is 0.571. The summed E-state index contributed by atoms with van der Waals surface area (Å²) in [6.07, 6.45) is -5.31. The highest BCUT2D eigenvalue weighted by Gasteiger charge is 2.33. The molecule has 0 aliphatic carbocycles. The molecule has 3 aromatic rings. The van der Waals surface area contributed by atoms with E-state index in [0.29, 0.717) is 0 Å². The Hall–Kier alpha value is -3.43. The van der Waals surface area contributed by atoms with E-state index in [1.807, 2.05) is 0 Å². The van der Waals surface area contributed by atoms with Crippen LogP contribution in [0.5, 0.6) is 5.75 Å². The average Bonchev–Trinajstić information content (AvgIpc) is 3.11. The van der Waals surface area contributed by atoms with E-state index in [4.69, 9.17) is 9.15 Å². The number of benzene rings is 2. The summed E-state index contributed by atoms with van der Waals surface area (Å²) in [7, 11) is 1.31. The molecule has 0 spiro atoms. The van der Waals surface area contributed by atoms with Crippen molar-refractivity contribution >= 4 is 5.97 Å². The van der Waals surface area contributed by atoms with Crippen LogP contribution in [0.15, 0.2) is 40.8 Å². The van der Waals surface area contributed by atoms with Gasteiger partial charge >= 0.3 is 12.1 Å². The van der Waals surface area contributed by atoms with Crippen molar-refractivity contribution in [1.29, 1.82) is 0 Å². The molecule has 1 heterocycles. The summed E-state index contributed by atoms with van der Waals surface area (Å²) < 4.78 is 65.0. The van der Waals surface area contributed by atoms with Crippen LogP contribution in [0, 0.1) is 12.7 Å². The van der Waals surface area contributed by atoms with Crippen molar-refractivity contribution < 1.29 is 36.6 Å². The van der Waals surface area contributed by atoms with Crippen molar-refractivity contribution in [2.75, 3.05) is 7.11 Å². The molecule has 0 aliphatic rings. The fourth-order valence-corrected chi connectivity index (χ4v) is 3.05. The van der Waals surface area contributed by atoms with Crippen molar-refractivity contribution in [3.05, 3.63) is 65.1 Å². The molecule has 1 unspecified atom stereocenters. The van der Waals surface area contributed by atoms with Gasteiger partial charge < -0.3 is 14.3 Å². The fourth-order valence-electron chi connectivity index (χ4n) is 3.05. The van der Waals surface area contributed by atoms with Crippen LogP contribution in [0.25, 0.3) is 11.1 Å². The number of halogens is 4. The largest absolute Gasteiger partial charge is 0.496 e. The summed E-state index contributed by atoms with van der Waals surface area (Å²) in [6.45, 7) is 1.48. The molecule has 1 atom stereocenters. The molecular formula is C20H16F4N2O4. The Balaban J connectivity index is 2.25. The van der Waals surface area contributed by atoms with Crippen LogP contribution in [-0.4, -0.2) is 28.4 Å². The number of carbonyl (C=O) groups is 1. The number of hydrogen-bond acceptors (Lipinski definition) is 5. The van der Waals surface area contributed by atoms with Gasteiger partial charge in [-0.2, -0.15) is 13.2 Å². The molecule has 0 fully saturated rings. The van der Waals surface area contributed by atoms with Crippen LogP contribution in [0.4, 0.5) is 17.6 Å². The van der Waals surface area contributed by atoms with Gasteiger partial charge in [-0.15, -0.1) is 10.2 Å². The molecule has 2 aromatic carbocycles. The Morgan fingerprint density at radius 2 is 1.93 bits per heavy atom. The van der Waals surface area contributed by atoms with Crippen molar-refractivity contribution in [1.82, 2.24) is 10.2 Å². The van der Waals surface area contributed by atoms with E-state index >= 15 is 0 Å². The van der Waals surface area contributed by atoms with E-state index < -0.39 is 35.9 Å². The number of aliphatic carboxylic acids is 1. The molecule has 1 aromatic heterocycles. The Labute approximate surface area is 168 Å². The summed E-state index contributed by atoms with van der Waals surface area (Å²) in [5.74, 6) is -2.90. The van der Waals surface area contributed by atoms with Gasteiger partial charge in [-0.05, 0) is 41.5 Å². The number of carboxylic acids is 1. The van der Waals surface area contributed by atoms with E-state index in [9.17, 15) is 27.5 Å². The second-order valence-corrected chi connectivity index (χ2v) is 6.50. The third-order valence-corrected chi connectivity index (χ3v) is 4.38. The van der Waals surface area contributed by atoms with Gasteiger partial charge in [0.15, 0.2) is 0 Å². The molecule has 0 saturated carbocycles. The van der Waals surface area contributed by atoms with Gasteiger partial charge in [-0.3, -0.25) is 4.79 Å². The molecular weight excluding hydrogens is 408 g/mol. The van der Waals surface area contributed by atoms with Crippen molar-refractivity contribution in [3.8, 4) is 16.9 Å². The monoisotopic (exact) mass is 424 g/mol. The summed E-state index contributed by atoms with van der Waals surface area (Å²) in [5.41, 5.74) is -0.964. The molecule has 0 amide bonds. The first-order valence-corrected chi connectivity index (χ1v) is 8.66. The number of aryl methyl sites for hydroxylation is 1. The van der Waals surface area contributed by atoms with Gasteiger partial charge in [0, 0.05) is 12.5 Å². The number of ether oxygens (including phenoxy) is 1. The normalized spacial score (nSPS) is 12.6. The third kappa shape index (κ3) is 4.58. The molecule has 6 nitrogen and oxygen atoms in total. The van der Waals surface area contributed by atoms with Crippen molar-refractivity contribution in [2.45, 2.75) is 25.4 Å². The van der Waals surface area contributed by atoms with E-state index in [1.165, 1.54) is 26.2 Å². The Kier molecular flexibility index (Phi) is 5.77. The zero-order valence-corrected chi connectivity index (χ0v) is 15.8. The maximum absolute atomic E-state index is 13.8. The first kappa shape index (κ1) is 21.3. The Bertz CT molecular complexity index is 1080. The highest BCUT2D eigenvalue weighted by atomic mass is 19.4. The molecule has 0 saturated heterocycles. The molecule has 3 rings (SSSR count). The summed E-state index contributed by atoms with van der Waals surface area (Å²) in [4.78, 5) is 11.4. The number of aromatic nitrogens is 2. The lowest BCUT2D eigenvalue weighted by Gasteiger charge is -2.18. The first-order chi connectivity index (χ1) is 14.1. The number of rotatable bonds is 6. The first-order valence-electron chi connectivity index (χ1n) is 8.66. The van der Waals surface area contributed by atoms with Crippen LogP contribution >= 0.6 is 0 Å². The summed E-state index contributed by atoms with van der Waals surface area (Å²) in [6, 6.07) is 6.45. The molecule has 30 heavy (non-hydrogen) atoms. The SMILES string of the molecule is COc1ccc(F)cc1-c1cc(C(CC(=O)O)c2nnc(C)o2)cc(C(F)(F)F)c1. The second kappa shape index (κ2) is 8.13. The van der Waals surface area contributed by atoms with Crippen LogP contribution in [0.3, 0.4) is 0 Å². The fraction of sp³-hybridized carbons (Fsp3) is 0.250. The van der Waals surface area contributed by atoms with Crippen LogP contribution < -0.4 is 4.74 Å². The Morgan fingerprint density at radius 1 is 1.20 bits per heavy atom. The zero-order valence-electron chi connectivity index (χ0n) is 15.8.